The smallest absolute Gasteiger partial charge is 0.251 e. The predicted octanol–water partition coefficient (Wildman–Crippen LogP) is 4.55. The van der Waals surface area contributed by atoms with Gasteiger partial charge in [-0.05, 0) is 49.7 Å². The summed E-state index contributed by atoms with van der Waals surface area (Å²) in [5.74, 6) is 0.998. The lowest BCUT2D eigenvalue weighted by molar-refractivity contribution is 0.100. The Balaban J connectivity index is 1.69. The average molecular weight is 451 g/mol. The van der Waals surface area contributed by atoms with Crippen LogP contribution >= 0.6 is 0 Å². The van der Waals surface area contributed by atoms with E-state index in [1.54, 1.807) is 24.5 Å². The fourth-order valence-electron chi connectivity index (χ4n) is 4.00. The Morgan fingerprint density at radius 1 is 0.912 bits per heavy atom. The normalized spacial score (nSPS) is 11.0. The summed E-state index contributed by atoms with van der Waals surface area (Å²) in [5, 5.41) is 0. The number of nitrogen functional groups attached to an aromatic ring is 1. The molecule has 1 aromatic carbocycles. The molecule has 0 atom stereocenters. The Kier molecular flexibility index (Phi) is 5.18. The second kappa shape index (κ2) is 8.32. The second-order valence-electron chi connectivity index (χ2n) is 7.96. The molecule has 0 spiro atoms. The molecule has 4 heterocycles. The van der Waals surface area contributed by atoms with Gasteiger partial charge in [-0.1, -0.05) is 18.2 Å². The summed E-state index contributed by atoms with van der Waals surface area (Å²) in [6.45, 7) is 3.79. The fourth-order valence-corrected chi connectivity index (χ4v) is 4.00. The molecule has 8 nitrogen and oxygen atoms in total. The molecule has 0 aliphatic rings. The van der Waals surface area contributed by atoms with Crippen LogP contribution in [0.4, 0.5) is 5.82 Å². The summed E-state index contributed by atoms with van der Waals surface area (Å²) in [6.07, 6.45) is 5.22. The maximum atomic E-state index is 12.6. The zero-order valence-corrected chi connectivity index (χ0v) is 18.7. The van der Waals surface area contributed by atoms with Crippen molar-refractivity contribution in [2.75, 3.05) is 5.73 Å². The highest BCUT2D eigenvalue weighted by molar-refractivity contribution is 6.10. The quantitative estimate of drug-likeness (QED) is 0.405. The summed E-state index contributed by atoms with van der Waals surface area (Å²) in [4.78, 5) is 25.6. The minimum Gasteiger partial charge on any atom is -0.439 e. The second-order valence-corrected chi connectivity index (χ2v) is 7.96. The van der Waals surface area contributed by atoms with Crippen molar-refractivity contribution >= 4 is 17.2 Å². The number of hydrogen-bond acceptors (Lipinski definition) is 6. The fraction of sp³-hybridized carbons (Fsp3) is 0.0769. The zero-order valence-electron chi connectivity index (χ0n) is 18.7. The maximum absolute atomic E-state index is 12.6. The van der Waals surface area contributed by atoms with Gasteiger partial charge in [-0.25, -0.2) is 9.97 Å². The van der Waals surface area contributed by atoms with Gasteiger partial charge in [0.05, 0.1) is 28.7 Å². The van der Waals surface area contributed by atoms with E-state index in [1.807, 2.05) is 66.9 Å². The predicted molar refractivity (Wildman–Crippen MR) is 131 cm³/mol. The SMILES string of the molecule is Cc1cn2c(-c3ccc(N)nc3)c(-c3ccc(Oc4cccc(C)n4)cc3)c(C(N)=O)c2cn1. The first-order valence-corrected chi connectivity index (χ1v) is 10.6. The van der Waals surface area contributed by atoms with E-state index < -0.39 is 5.91 Å². The number of fused-ring (bicyclic) bond motifs is 1. The third-order valence-electron chi connectivity index (χ3n) is 5.48. The van der Waals surface area contributed by atoms with E-state index in [1.165, 1.54) is 0 Å². The number of aromatic nitrogens is 4. The van der Waals surface area contributed by atoms with Crippen LogP contribution in [0.25, 0.3) is 27.9 Å². The lowest BCUT2D eigenvalue weighted by Crippen LogP contribution is -2.12. The Bertz CT molecular complexity index is 1520. The molecule has 1 amide bonds. The molecule has 4 aromatic heterocycles. The van der Waals surface area contributed by atoms with Crippen LogP contribution < -0.4 is 16.2 Å². The van der Waals surface area contributed by atoms with Crippen LogP contribution in [0.2, 0.25) is 0 Å². The van der Waals surface area contributed by atoms with E-state index in [0.717, 1.165) is 28.2 Å². The number of primary amides is 1. The van der Waals surface area contributed by atoms with Gasteiger partial charge in [0.15, 0.2) is 0 Å². The molecular formula is C26H22N6O2. The molecule has 0 fully saturated rings. The van der Waals surface area contributed by atoms with E-state index in [2.05, 4.69) is 15.0 Å². The van der Waals surface area contributed by atoms with Gasteiger partial charge in [-0.3, -0.25) is 9.78 Å². The molecule has 0 saturated carbocycles. The first kappa shape index (κ1) is 21.1. The number of rotatable bonds is 5. The van der Waals surface area contributed by atoms with Gasteiger partial charge in [0, 0.05) is 35.3 Å². The molecule has 0 bridgehead atoms. The van der Waals surface area contributed by atoms with Crippen LogP contribution in [0.3, 0.4) is 0 Å². The van der Waals surface area contributed by atoms with Crippen molar-refractivity contribution in [1.82, 2.24) is 19.4 Å². The van der Waals surface area contributed by atoms with E-state index in [-0.39, 0.29) is 0 Å². The lowest BCUT2D eigenvalue weighted by Gasteiger charge is -2.10. The van der Waals surface area contributed by atoms with E-state index in [0.29, 0.717) is 34.1 Å². The summed E-state index contributed by atoms with van der Waals surface area (Å²) < 4.78 is 7.81. The number of amides is 1. The van der Waals surface area contributed by atoms with Gasteiger partial charge in [-0.2, -0.15) is 0 Å². The van der Waals surface area contributed by atoms with Gasteiger partial charge < -0.3 is 20.6 Å². The van der Waals surface area contributed by atoms with Gasteiger partial charge in [0.1, 0.15) is 11.6 Å². The standard InChI is InChI=1S/C26H22N6O2/c1-15-4-3-5-22(31-15)34-19-9-6-17(7-10-19)23-24(26(28)33)20-13-29-16(2)14-32(20)25(23)18-8-11-21(27)30-12-18/h3-14H,1-2H3,(H2,27,30)(H2,28,33). The first-order chi connectivity index (χ1) is 16.4. The summed E-state index contributed by atoms with van der Waals surface area (Å²) in [5.41, 5.74) is 17.4. The highest BCUT2D eigenvalue weighted by atomic mass is 16.5. The number of carbonyl (C=O) groups excluding carboxylic acids is 1. The van der Waals surface area contributed by atoms with Crippen molar-refractivity contribution in [2.45, 2.75) is 13.8 Å². The Hall–Kier alpha value is -4.72. The lowest BCUT2D eigenvalue weighted by atomic mass is 9.97. The zero-order chi connectivity index (χ0) is 23.8. The van der Waals surface area contributed by atoms with Crippen molar-refractivity contribution in [3.05, 3.63) is 90.1 Å². The van der Waals surface area contributed by atoms with Crippen molar-refractivity contribution in [3.63, 3.8) is 0 Å². The highest BCUT2D eigenvalue weighted by Gasteiger charge is 2.25. The topological polar surface area (TPSA) is 121 Å². The van der Waals surface area contributed by atoms with Crippen molar-refractivity contribution in [3.8, 4) is 34.0 Å². The summed E-state index contributed by atoms with van der Waals surface area (Å²) in [6, 6.07) is 16.6. The van der Waals surface area contributed by atoms with Crippen LogP contribution in [0.5, 0.6) is 11.6 Å². The van der Waals surface area contributed by atoms with E-state index in [9.17, 15) is 4.79 Å². The minimum atomic E-state index is -0.544. The van der Waals surface area contributed by atoms with Crippen LogP contribution in [-0.2, 0) is 0 Å². The number of nitrogens with two attached hydrogens (primary N) is 2. The molecular weight excluding hydrogens is 428 g/mol. The Morgan fingerprint density at radius 3 is 2.35 bits per heavy atom. The number of ether oxygens (including phenoxy) is 1. The number of carbonyl (C=O) groups is 1. The number of pyridine rings is 2. The third-order valence-corrected chi connectivity index (χ3v) is 5.48. The number of benzene rings is 1. The van der Waals surface area contributed by atoms with Gasteiger partial charge >= 0.3 is 0 Å². The monoisotopic (exact) mass is 450 g/mol. The summed E-state index contributed by atoms with van der Waals surface area (Å²) in [7, 11) is 0. The average Bonchev–Trinajstić information content (AvgIpc) is 3.14. The maximum Gasteiger partial charge on any atom is 0.251 e. The molecule has 0 saturated heterocycles. The van der Waals surface area contributed by atoms with Crippen LogP contribution in [0.15, 0.2) is 73.2 Å². The molecule has 4 N–H and O–H groups in total. The molecule has 8 heteroatoms. The van der Waals surface area contributed by atoms with Gasteiger partial charge in [-0.15, -0.1) is 0 Å². The number of hydrogen-bond donors (Lipinski definition) is 2. The van der Waals surface area contributed by atoms with Crippen LogP contribution in [-0.4, -0.2) is 25.3 Å². The van der Waals surface area contributed by atoms with Crippen LogP contribution in [0, 0.1) is 13.8 Å². The van der Waals surface area contributed by atoms with Gasteiger partial charge in [0.2, 0.25) is 5.88 Å². The Labute approximate surface area is 195 Å². The molecule has 34 heavy (non-hydrogen) atoms. The molecule has 0 radical (unpaired) electrons. The first-order valence-electron chi connectivity index (χ1n) is 10.6. The van der Waals surface area contributed by atoms with Crippen LogP contribution in [0.1, 0.15) is 21.7 Å². The molecule has 5 rings (SSSR count). The molecule has 0 aliphatic carbocycles. The van der Waals surface area contributed by atoms with Crippen molar-refractivity contribution in [2.24, 2.45) is 5.73 Å². The van der Waals surface area contributed by atoms with Crippen molar-refractivity contribution < 1.29 is 9.53 Å². The molecule has 168 valence electrons. The number of anilines is 1. The van der Waals surface area contributed by atoms with Crippen molar-refractivity contribution in [1.29, 1.82) is 0 Å². The third kappa shape index (κ3) is 3.81. The minimum absolute atomic E-state index is 0.383. The number of aryl methyl sites for hydroxylation is 2. The molecule has 0 aliphatic heterocycles. The van der Waals surface area contributed by atoms with E-state index in [4.69, 9.17) is 16.2 Å². The Morgan fingerprint density at radius 2 is 1.68 bits per heavy atom. The number of nitrogens with zero attached hydrogens (tertiary/aromatic N) is 4. The van der Waals surface area contributed by atoms with E-state index >= 15 is 0 Å². The largest absolute Gasteiger partial charge is 0.439 e. The highest BCUT2D eigenvalue weighted by Crippen LogP contribution is 2.40. The molecule has 0 unspecified atom stereocenters. The van der Waals surface area contributed by atoms with Gasteiger partial charge in [0.25, 0.3) is 5.91 Å². The molecule has 5 aromatic rings. The summed E-state index contributed by atoms with van der Waals surface area (Å²) >= 11 is 0.